The summed E-state index contributed by atoms with van der Waals surface area (Å²) < 4.78 is 0. The normalized spacial score (nSPS) is 13.2. The number of carboxylic acids is 1. The largest absolute Gasteiger partial charge is 0.478 e. The lowest BCUT2D eigenvalue weighted by molar-refractivity contribution is -0.385. The van der Waals surface area contributed by atoms with E-state index in [4.69, 9.17) is 5.11 Å². The first-order chi connectivity index (χ1) is 7.93. The van der Waals surface area contributed by atoms with Crippen LogP contribution in [0.25, 0.3) is 0 Å². The first-order valence-electron chi connectivity index (χ1n) is 5.08. The number of nitro benzene ring substituents is 1. The molecule has 1 aromatic rings. The van der Waals surface area contributed by atoms with E-state index >= 15 is 0 Å². The van der Waals surface area contributed by atoms with Gasteiger partial charge in [-0.2, -0.15) is 0 Å². The number of nitro groups is 1. The van der Waals surface area contributed by atoms with Crippen molar-refractivity contribution in [1.82, 2.24) is 0 Å². The van der Waals surface area contributed by atoms with Gasteiger partial charge in [0.25, 0.3) is 5.69 Å². The maximum Gasteiger partial charge on any atom is 0.330 e. The summed E-state index contributed by atoms with van der Waals surface area (Å²) in [5.74, 6) is -1.33. The topological polar surface area (TPSA) is 80.4 Å². The molecule has 0 aliphatic heterocycles. The fourth-order valence-electron chi connectivity index (χ4n) is 1.57. The number of carboxylic acid groups (broad SMARTS) is 1. The van der Waals surface area contributed by atoms with Gasteiger partial charge in [-0.25, -0.2) is 4.79 Å². The first kappa shape index (κ1) is 12.9. The molecule has 0 fully saturated rings. The molecule has 1 atom stereocenters. The Morgan fingerprint density at radius 2 is 2.06 bits per heavy atom. The number of carbonyl (C=O) groups is 1. The molecule has 1 N–H and O–H groups in total. The SMILES string of the molecule is C/C(=C\C(C)c1ccccc1[N+](=O)[O-])C(=O)O. The minimum absolute atomic E-state index is 0.00874. The van der Waals surface area contributed by atoms with Crippen LogP contribution in [-0.4, -0.2) is 16.0 Å². The molecule has 0 radical (unpaired) electrons. The Bertz CT molecular complexity index is 479. The highest BCUT2D eigenvalue weighted by Gasteiger charge is 2.17. The van der Waals surface area contributed by atoms with E-state index in [0.29, 0.717) is 5.56 Å². The van der Waals surface area contributed by atoms with Gasteiger partial charge in [-0.1, -0.05) is 31.2 Å². The smallest absolute Gasteiger partial charge is 0.330 e. The van der Waals surface area contributed by atoms with Gasteiger partial charge in [0.05, 0.1) is 4.92 Å². The van der Waals surface area contributed by atoms with Crippen LogP contribution in [0.15, 0.2) is 35.9 Å². The Morgan fingerprint density at radius 3 is 2.59 bits per heavy atom. The molecule has 0 bridgehead atoms. The monoisotopic (exact) mass is 235 g/mol. The summed E-state index contributed by atoms with van der Waals surface area (Å²) in [6, 6.07) is 6.33. The minimum Gasteiger partial charge on any atom is -0.478 e. The summed E-state index contributed by atoms with van der Waals surface area (Å²) in [7, 11) is 0. The molecule has 0 saturated carbocycles. The average Bonchev–Trinajstić information content (AvgIpc) is 2.28. The highest BCUT2D eigenvalue weighted by atomic mass is 16.6. The van der Waals surface area contributed by atoms with E-state index in [1.54, 1.807) is 25.1 Å². The molecule has 0 heterocycles. The van der Waals surface area contributed by atoms with Gasteiger partial charge in [-0.15, -0.1) is 0 Å². The summed E-state index contributed by atoms with van der Waals surface area (Å²) in [5.41, 5.74) is 0.697. The lowest BCUT2D eigenvalue weighted by Crippen LogP contribution is -2.01. The fraction of sp³-hybridized carbons (Fsp3) is 0.250. The van der Waals surface area contributed by atoms with E-state index in [-0.39, 0.29) is 17.2 Å². The van der Waals surface area contributed by atoms with Gasteiger partial charge in [-0.05, 0) is 6.92 Å². The second-order valence-corrected chi connectivity index (χ2v) is 3.76. The number of hydrogen-bond acceptors (Lipinski definition) is 3. The Kier molecular flexibility index (Phi) is 3.98. The van der Waals surface area contributed by atoms with Gasteiger partial charge in [-0.3, -0.25) is 10.1 Å². The number of aliphatic carboxylic acids is 1. The molecular formula is C12H13NO4. The summed E-state index contributed by atoms with van der Waals surface area (Å²) in [4.78, 5) is 21.0. The number of nitrogens with zero attached hydrogens (tertiary/aromatic N) is 1. The summed E-state index contributed by atoms with van der Waals surface area (Å²) in [6.45, 7) is 3.20. The molecule has 0 aromatic heterocycles. The lowest BCUT2D eigenvalue weighted by atomic mass is 9.97. The zero-order valence-electron chi connectivity index (χ0n) is 9.58. The molecule has 0 saturated heterocycles. The van der Waals surface area contributed by atoms with Crippen molar-refractivity contribution in [1.29, 1.82) is 0 Å². The number of rotatable bonds is 4. The van der Waals surface area contributed by atoms with E-state index in [2.05, 4.69) is 0 Å². The van der Waals surface area contributed by atoms with Gasteiger partial charge in [0, 0.05) is 23.1 Å². The molecule has 1 unspecified atom stereocenters. The third-order valence-electron chi connectivity index (χ3n) is 2.46. The van der Waals surface area contributed by atoms with Crippen molar-refractivity contribution in [3.05, 3.63) is 51.6 Å². The molecule has 90 valence electrons. The van der Waals surface area contributed by atoms with Gasteiger partial charge >= 0.3 is 5.97 Å². The van der Waals surface area contributed by atoms with Crippen molar-refractivity contribution in [3.63, 3.8) is 0 Å². The van der Waals surface area contributed by atoms with Gasteiger partial charge in [0.2, 0.25) is 0 Å². The number of para-hydroxylation sites is 1. The van der Waals surface area contributed by atoms with Crippen LogP contribution < -0.4 is 0 Å². The number of benzene rings is 1. The molecule has 0 spiro atoms. The second kappa shape index (κ2) is 5.25. The van der Waals surface area contributed by atoms with Crippen molar-refractivity contribution in [2.24, 2.45) is 0 Å². The van der Waals surface area contributed by atoms with Crippen molar-refractivity contribution in [2.45, 2.75) is 19.8 Å². The summed E-state index contributed by atoms with van der Waals surface area (Å²) in [5, 5.41) is 19.6. The summed E-state index contributed by atoms with van der Waals surface area (Å²) >= 11 is 0. The van der Waals surface area contributed by atoms with Crippen LogP contribution in [0.4, 0.5) is 5.69 Å². The van der Waals surface area contributed by atoms with E-state index in [0.717, 1.165) is 0 Å². The van der Waals surface area contributed by atoms with Gasteiger partial charge < -0.3 is 5.11 Å². The highest BCUT2D eigenvalue weighted by molar-refractivity contribution is 5.86. The Balaban J connectivity index is 3.13. The minimum atomic E-state index is -1.02. The maximum atomic E-state index is 10.8. The molecular weight excluding hydrogens is 222 g/mol. The van der Waals surface area contributed by atoms with Crippen molar-refractivity contribution >= 4 is 11.7 Å². The second-order valence-electron chi connectivity index (χ2n) is 3.76. The van der Waals surface area contributed by atoms with E-state index in [9.17, 15) is 14.9 Å². The van der Waals surface area contributed by atoms with E-state index in [1.807, 2.05) is 0 Å². The third kappa shape index (κ3) is 3.14. The predicted molar refractivity (Wildman–Crippen MR) is 62.9 cm³/mol. The number of hydrogen-bond donors (Lipinski definition) is 1. The standard InChI is InChI=1S/C12H13NO4/c1-8(7-9(2)12(14)15)10-5-3-4-6-11(10)13(16)17/h3-8H,1-2H3,(H,14,15)/b9-7+. The van der Waals surface area contributed by atoms with Crippen molar-refractivity contribution in [2.75, 3.05) is 0 Å². The van der Waals surface area contributed by atoms with Crippen molar-refractivity contribution < 1.29 is 14.8 Å². The van der Waals surface area contributed by atoms with Crippen LogP contribution in [0.1, 0.15) is 25.3 Å². The third-order valence-corrected chi connectivity index (χ3v) is 2.46. The highest BCUT2D eigenvalue weighted by Crippen LogP contribution is 2.27. The Hall–Kier alpha value is -2.17. The lowest BCUT2D eigenvalue weighted by Gasteiger charge is -2.08. The first-order valence-corrected chi connectivity index (χ1v) is 5.08. The van der Waals surface area contributed by atoms with Gasteiger partial charge in [0.1, 0.15) is 0 Å². The molecule has 5 heteroatoms. The Labute approximate surface area is 98.5 Å². The average molecular weight is 235 g/mol. The van der Waals surface area contributed by atoms with Crippen LogP contribution in [0.5, 0.6) is 0 Å². The van der Waals surface area contributed by atoms with Crippen LogP contribution in [0.3, 0.4) is 0 Å². The Morgan fingerprint density at radius 1 is 1.47 bits per heavy atom. The fourth-order valence-corrected chi connectivity index (χ4v) is 1.57. The van der Waals surface area contributed by atoms with Gasteiger partial charge in [0.15, 0.2) is 0 Å². The molecule has 1 aromatic carbocycles. The van der Waals surface area contributed by atoms with Crippen LogP contribution in [0.2, 0.25) is 0 Å². The zero-order valence-corrected chi connectivity index (χ0v) is 9.58. The molecule has 1 rings (SSSR count). The molecule has 0 amide bonds. The molecule has 5 nitrogen and oxygen atoms in total. The maximum absolute atomic E-state index is 10.8. The quantitative estimate of drug-likeness (QED) is 0.494. The predicted octanol–water partition coefficient (Wildman–Crippen LogP) is 2.73. The van der Waals surface area contributed by atoms with Crippen LogP contribution in [0, 0.1) is 10.1 Å². The van der Waals surface area contributed by atoms with Crippen molar-refractivity contribution in [3.8, 4) is 0 Å². The van der Waals surface area contributed by atoms with Crippen LogP contribution >= 0.6 is 0 Å². The zero-order chi connectivity index (χ0) is 13.0. The number of allylic oxidation sites excluding steroid dienone is 1. The van der Waals surface area contributed by atoms with E-state index < -0.39 is 10.9 Å². The summed E-state index contributed by atoms with van der Waals surface area (Å²) in [6.07, 6.45) is 1.50. The van der Waals surface area contributed by atoms with E-state index in [1.165, 1.54) is 19.1 Å². The molecule has 0 aliphatic rings. The molecule has 0 aliphatic carbocycles. The molecule has 17 heavy (non-hydrogen) atoms. The van der Waals surface area contributed by atoms with Crippen LogP contribution in [-0.2, 0) is 4.79 Å².